The van der Waals surface area contributed by atoms with Crippen molar-refractivity contribution in [2.24, 2.45) is 0 Å². The van der Waals surface area contributed by atoms with E-state index in [-0.39, 0.29) is 18.4 Å². The van der Waals surface area contributed by atoms with Gasteiger partial charge in [0, 0.05) is 11.6 Å². The monoisotopic (exact) mass is 301 g/mol. The molecule has 0 spiro atoms. The summed E-state index contributed by atoms with van der Waals surface area (Å²) in [7, 11) is 0. The van der Waals surface area contributed by atoms with Crippen LogP contribution in [0.3, 0.4) is 0 Å². The third kappa shape index (κ3) is 5.30. The van der Waals surface area contributed by atoms with Gasteiger partial charge in [-0.1, -0.05) is 25.1 Å². The number of nitrogens with one attached hydrogen (secondary N) is 1. The van der Waals surface area contributed by atoms with Crippen LogP contribution in [0.25, 0.3) is 0 Å². The topological polar surface area (TPSA) is 47.6 Å². The number of ether oxygens (including phenoxy) is 2. The summed E-state index contributed by atoms with van der Waals surface area (Å²) in [6.45, 7) is 2.83. The van der Waals surface area contributed by atoms with Gasteiger partial charge in [0.2, 0.25) is 0 Å². The molecule has 1 N–H and O–H groups in total. The second kappa shape index (κ2) is 8.56. The van der Waals surface area contributed by atoms with E-state index in [2.05, 4.69) is 10.1 Å². The van der Waals surface area contributed by atoms with E-state index in [0.717, 1.165) is 6.42 Å². The van der Waals surface area contributed by atoms with Crippen LogP contribution in [0.15, 0.2) is 24.3 Å². The van der Waals surface area contributed by atoms with Gasteiger partial charge < -0.3 is 9.47 Å². The lowest BCUT2D eigenvalue weighted by atomic mass is 10.0. The highest BCUT2D eigenvalue weighted by molar-refractivity contribution is 5.78. The normalized spacial score (nSPS) is 13.8. The van der Waals surface area contributed by atoms with E-state index < -0.39 is 18.6 Å². The lowest BCUT2D eigenvalue weighted by molar-refractivity contribution is -0.146. The average molecular weight is 301 g/mol. The fourth-order valence-corrected chi connectivity index (χ4v) is 1.84. The quantitative estimate of drug-likeness (QED) is 0.749. The zero-order valence-electron chi connectivity index (χ0n) is 12.4. The molecule has 2 unspecified atom stereocenters. The van der Waals surface area contributed by atoms with Crippen LogP contribution in [0.4, 0.5) is 8.78 Å². The first-order valence-corrected chi connectivity index (χ1v) is 6.96. The number of esters is 1. The van der Waals surface area contributed by atoms with Crippen LogP contribution in [0, 0.1) is 0 Å². The minimum atomic E-state index is -2.95. The molecule has 1 rings (SSSR count). The molecule has 118 valence electrons. The first-order valence-electron chi connectivity index (χ1n) is 6.96. The third-order valence-electron chi connectivity index (χ3n) is 3.03. The minimum Gasteiger partial charge on any atom is -0.465 e. The summed E-state index contributed by atoms with van der Waals surface area (Å²) in [5.41, 5.74) is 0.344. The number of halogens is 2. The van der Waals surface area contributed by atoms with E-state index in [1.165, 1.54) is 6.07 Å². The third-order valence-corrected chi connectivity index (χ3v) is 3.03. The van der Waals surface area contributed by atoms with Gasteiger partial charge in [-0.15, -0.1) is 0 Å². The van der Waals surface area contributed by atoms with Gasteiger partial charge in [0.1, 0.15) is 11.8 Å². The number of hydrogen-bond acceptors (Lipinski definition) is 4. The van der Waals surface area contributed by atoms with Crippen LogP contribution in [-0.2, 0) is 9.53 Å². The molecule has 0 heterocycles. The fraction of sp³-hybridized carbons (Fsp3) is 0.533. The maximum absolute atomic E-state index is 12.5. The lowest BCUT2D eigenvalue weighted by Crippen LogP contribution is -2.36. The average Bonchev–Trinajstić information content (AvgIpc) is 2.45. The highest BCUT2D eigenvalue weighted by Gasteiger charge is 2.27. The van der Waals surface area contributed by atoms with Crippen molar-refractivity contribution in [3.8, 4) is 5.75 Å². The molecule has 0 bridgehead atoms. The summed E-state index contributed by atoms with van der Waals surface area (Å²) in [6, 6.07) is 5.42. The SMILES string of the molecule is CCOC(=O)C(NC(C)CC)c1ccccc1OC(F)F. The van der Waals surface area contributed by atoms with Gasteiger partial charge in [0.15, 0.2) is 0 Å². The Morgan fingerprint density at radius 1 is 1.29 bits per heavy atom. The Kier molecular flexibility index (Phi) is 7.08. The Morgan fingerprint density at radius 3 is 2.52 bits per heavy atom. The van der Waals surface area contributed by atoms with Gasteiger partial charge in [0.05, 0.1) is 6.61 Å². The van der Waals surface area contributed by atoms with Crippen LogP contribution in [0.2, 0.25) is 0 Å². The number of hydrogen-bond donors (Lipinski definition) is 1. The van der Waals surface area contributed by atoms with Gasteiger partial charge in [-0.25, -0.2) is 4.79 Å². The van der Waals surface area contributed by atoms with Gasteiger partial charge in [-0.3, -0.25) is 5.32 Å². The Balaban J connectivity index is 3.09. The van der Waals surface area contributed by atoms with Gasteiger partial charge in [0.25, 0.3) is 0 Å². The molecule has 1 aromatic rings. The van der Waals surface area contributed by atoms with Crippen LogP contribution < -0.4 is 10.1 Å². The van der Waals surface area contributed by atoms with E-state index in [9.17, 15) is 13.6 Å². The van der Waals surface area contributed by atoms with Crippen LogP contribution in [0.1, 0.15) is 38.8 Å². The summed E-state index contributed by atoms with van der Waals surface area (Å²) in [4.78, 5) is 12.1. The Bertz CT molecular complexity index is 454. The maximum Gasteiger partial charge on any atom is 0.387 e. The largest absolute Gasteiger partial charge is 0.465 e. The zero-order chi connectivity index (χ0) is 15.8. The van der Waals surface area contributed by atoms with E-state index in [1.807, 2.05) is 13.8 Å². The second-order valence-corrected chi connectivity index (χ2v) is 4.58. The number of alkyl halides is 2. The Hall–Kier alpha value is -1.69. The van der Waals surface area contributed by atoms with E-state index >= 15 is 0 Å². The molecule has 0 aliphatic heterocycles. The molecule has 0 saturated heterocycles. The molecule has 0 saturated carbocycles. The van der Waals surface area contributed by atoms with E-state index in [1.54, 1.807) is 25.1 Å². The van der Waals surface area contributed by atoms with Crippen LogP contribution in [-0.4, -0.2) is 25.2 Å². The van der Waals surface area contributed by atoms with Crippen molar-refractivity contribution < 1.29 is 23.0 Å². The van der Waals surface area contributed by atoms with Crippen LogP contribution in [0.5, 0.6) is 5.75 Å². The first-order chi connectivity index (χ1) is 9.99. The summed E-state index contributed by atoms with van der Waals surface area (Å²) < 4.78 is 34.5. The van der Waals surface area contributed by atoms with Gasteiger partial charge in [-0.2, -0.15) is 8.78 Å². The molecule has 4 nitrogen and oxygen atoms in total. The molecule has 6 heteroatoms. The molecule has 0 fully saturated rings. The molecule has 0 radical (unpaired) electrons. The highest BCUT2D eigenvalue weighted by Crippen LogP contribution is 2.28. The van der Waals surface area contributed by atoms with Crippen molar-refractivity contribution in [2.75, 3.05) is 6.61 Å². The molecule has 21 heavy (non-hydrogen) atoms. The van der Waals surface area contributed by atoms with Gasteiger partial charge >= 0.3 is 12.6 Å². The Morgan fingerprint density at radius 2 is 1.95 bits per heavy atom. The number of para-hydroxylation sites is 1. The standard InChI is InChI=1S/C15H21F2NO3/c1-4-10(3)18-13(14(19)20-5-2)11-8-6-7-9-12(11)21-15(16)17/h6-10,13,15,18H,4-5H2,1-3H3. The fourth-order valence-electron chi connectivity index (χ4n) is 1.84. The smallest absolute Gasteiger partial charge is 0.387 e. The number of benzene rings is 1. The summed E-state index contributed by atoms with van der Waals surface area (Å²) in [5, 5.41) is 3.08. The molecule has 0 amide bonds. The molecule has 1 aromatic carbocycles. The number of carbonyl (C=O) groups is 1. The van der Waals surface area contributed by atoms with Crippen molar-refractivity contribution in [1.82, 2.24) is 5.32 Å². The molecule has 0 aliphatic carbocycles. The van der Waals surface area contributed by atoms with E-state index in [4.69, 9.17) is 4.74 Å². The van der Waals surface area contributed by atoms with Crippen molar-refractivity contribution in [3.63, 3.8) is 0 Å². The first kappa shape index (κ1) is 17.4. The second-order valence-electron chi connectivity index (χ2n) is 4.58. The maximum atomic E-state index is 12.5. The Labute approximate surface area is 123 Å². The summed E-state index contributed by atoms with van der Waals surface area (Å²) >= 11 is 0. The van der Waals surface area contributed by atoms with Crippen molar-refractivity contribution in [2.45, 2.75) is 45.9 Å². The number of rotatable bonds is 8. The predicted molar refractivity (Wildman–Crippen MR) is 75.3 cm³/mol. The summed E-state index contributed by atoms with van der Waals surface area (Å²) in [6.07, 6.45) is 0.785. The molecule has 0 aromatic heterocycles. The van der Waals surface area contributed by atoms with Crippen LogP contribution >= 0.6 is 0 Å². The number of carbonyl (C=O) groups excluding carboxylic acids is 1. The molecular weight excluding hydrogens is 280 g/mol. The minimum absolute atomic E-state index is 0.0265. The zero-order valence-corrected chi connectivity index (χ0v) is 12.4. The molecule has 2 atom stereocenters. The molecular formula is C15H21F2NO3. The lowest BCUT2D eigenvalue weighted by Gasteiger charge is -2.23. The van der Waals surface area contributed by atoms with Crippen molar-refractivity contribution in [1.29, 1.82) is 0 Å². The highest BCUT2D eigenvalue weighted by atomic mass is 19.3. The molecule has 0 aliphatic rings. The van der Waals surface area contributed by atoms with Crippen molar-refractivity contribution in [3.05, 3.63) is 29.8 Å². The van der Waals surface area contributed by atoms with E-state index in [0.29, 0.717) is 5.56 Å². The predicted octanol–water partition coefficient (Wildman–Crippen LogP) is 3.28. The van der Waals surface area contributed by atoms with Gasteiger partial charge in [-0.05, 0) is 26.3 Å². The van der Waals surface area contributed by atoms with Crippen molar-refractivity contribution >= 4 is 5.97 Å². The summed E-state index contributed by atoms with van der Waals surface area (Å²) in [5.74, 6) is -0.538.